The van der Waals surface area contributed by atoms with Gasteiger partial charge in [0.2, 0.25) is 0 Å². The van der Waals surface area contributed by atoms with Gasteiger partial charge in [0.25, 0.3) is 0 Å². The van der Waals surface area contributed by atoms with E-state index < -0.39 is 0 Å². The molecule has 0 unspecified atom stereocenters. The summed E-state index contributed by atoms with van der Waals surface area (Å²) >= 11 is 0. The van der Waals surface area contributed by atoms with Crippen molar-refractivity contribution in [3.8, 4) is 0 Å². The molecule has 1 aliphatic heterocycles. The van der Waals surface area contributed by atoms with Gasteiger partial charge < -0.3 is 15.0 Å². The molecule has 0 aliphatic carbocycles. The maximum Gasteiger partial charge on any atom is 0.410 e. The molecule has 0 spiro atoms. The van der Waals surface area contributed by atoms with Crippen LogP contribution in [0.3, 0.4) is 0 Å². The number of hydrogen-bond acceptors (Lipinski definition) is 3. The van der Waals surface area contributed by atoms with Crippen LogP contribution in [0.1, 0.15) is 18.4 Å². The van der Waals surface area contributed by atoms with Gasteiger partial charge in [-0.1, -0.05) is 30.3 Å². The fraction of sp³-hybridized carbons (Fsp3) is 0.533. The first-order valence-corrected chi connectivity index (χ1v) is 6.90. The molecule has 1 fully saturated rings. The van der Waals surface area contributed by atoms with Crippen molar-refractivity contribution >= 4 is 6.09 Å². The summed E-state index contributed by atoms with van der Waals surface area (Å²) in [6, 6.07) is 9.79. The number of likely N-dealkylation sites (tertiary alicyclic amines) is 1. The van der Waals surface area contributed by atoms with Gasteiger partial charge in [0.1, 0.15) is 6.61 Å². The summed E-state index contributed by atoms with van der Waals surface area (Å²) in [7, 11) is 1.95. The van der Waals surface area contributed by atoms with Crippen LogP contribution < -0.4 is 5.32 Å². The predicted molar refractivity (Wildman–Crippen MR) is 74.9 cm³/mol. The van der Waals surface area contributed by atoms with E-state index in [2.05, 4.69) is 5.32 Å². The Bertz CT molecular complexity index is 392. The van der Waals surface area contributed by atoms with Crippen LogP contribution in [-0.4, -0.2) is 37.7 Å². The lowest BCUT2D eigenvalue weighted by Crippen LogP contribution is -2.42. The van der Waals surface area contributed by atoms with Crippen LogP contribution in [0, 0.1) is 5.92 Å². The average Bonchev–Trinajstić information content (AvgIpc) is 2.46. The Hall–Kier alpha value is -1.55. The van der Waals surface area contributed by atoms with Gasteiger partial charge in [0.05, 0.1) is 0 Å². The highest BCUT2D eigenvalue weighted by atomic mass is 16.6. The zero-order valence-electron chi connectivity index (χ0n) is 11.5. The van der Waals surface area contributed by atoms with Crippen LogP contribution >= 0.6 is 0 Å². The molecule has 19 heavy (non-hydrogen) atoms. The van der Waals surface area contributed by atoms with Gasteiger partial charge in [0.15, 0.2) is 0 Å². The summed E-state index contributed by atoms with van der Waals surface area (Å²) in [5.41, 5.74) is 1.03. The maximum absolute atomic E-state index is 12.0. The highest BCUT2D eigenvalue weighted by molar-refractivity contribution is 5.67. The number of benzene rings is 1. The Balaban J connectivity index is 1.79. The molecule has 0 saturated carbocycles. The Kier molecular flexibility index (Phi) is 5.21. The highest BCUT2D eigenvalue weighted by Crippen LogP contribution is 2.16. The minimum Gasteiger partial charge on any atom is -0.445 e. The van der Waals surface area contributed by atoms with Crippen molar-refractivity contribution in [2.75, 3.05) is 26.7 Å². The van der Waals surface area contributed by atoms with E-state index in [9.17, 15) is 4.79 Å². The lowest BCUT2D eigenvalue weighted by atomic mass is 9.98. The number of ether oxygens (including phenoxy) is 1. The van der Waals surface area contributed by atoms with E-state index in [1.165, 1.54) is 6.42 Å². The van der Waals surface area contributed by atoms with Gasteiger partial charge in [-0.3, -0.25) is 0 Å². The van der Waals surface area contributed by atoms with Gasteiger partial charge in [-0.25, -0.2) is 4.79 Å². The number of carbonyl (C=O) groups excluding carboxylic acids is 1. The number of piperidine rings is 1. The Labute approximate surface area is 114 Å². The van der Waals surface area contributed by atoms with E-state index in [1.54, 1.807) is 0 Å². The minimum absolute atomic E-state index is 0.190. The van der Waals surface area contributed by atoms with Crippen LogP contribution in [0.15, 0.2) is 30.3 Å². The van der Waals surface area contributed by atoms with E-state index in [-0.39, 0.29) is 6.09 Å². The van der Waals surface area contributed by atoms with E-state index in [0.29, 0.717) is 12.5 Å². The number of nitrogens with one attached hydrogen (secondary N) is 1. The van der Waals surface area contributed by atoms with Gasteiger partial charge in [-0.2, -0.15) is 0 Å². The summed E-state index contributed by atoms with van der Waals surface area (Å²) in [6.07, 6.45) is 2.06. The molecule has 1 amide bonds. The maximum atomic E-state index is 12.0. The van der Waals surface area contributed by atoms with E-state index in [0.717, 1.165) is 31.6 Å². The van der Waals surface area contributed by atoms with E-state index in [4.69, 9.17) is 4.74 Å². The normalized spacial score (nSPS) is 19.2. The lowest BCUT2D eigenvalue weighted by molar-refractivity contribution is 0.0792. The zero-order valence-corrected chi connectivity index (χ0v) is 11.5. The summed E-state index contributed by atoms with van der Waals surface area (Å²) in [5, 5.41) is 3.18. The quantitative estimate of drug-likeness (QED) is 0.905. The molecule has 4 heteroatoms. The SMILES string of the molecule is CNC[C@@H]1CCCN(C(=O)OCc2ccccc2)C1. The molecule has 0 aromatic heterocycles. The van der Waals surface area contributed by atoms with E-state index >= 15 is 0 Å². The molecule has 0 bridgehead atoms. The summed E-state index contributed by atoms with van der Waals surface area (Å²) in [5.74, 6) is 0.544. The average molecular weight is 262 g/mol. The third-order valence-corrected chi connectivity index (χ3v) is 3.48. The molecule has 1 heterocycles. The van der Waals surface area contributed by atoms with Crippen molar-refractivity contribution in [1.29, 1.82) is 0 Å². The second-order valence-corrected chi connectivity index (χ2v) is 5.05. The third kappa shape index (κ3) is 4.24. The monoisotopic (exact) mass is 262 g/mol. The van der Waals surface area contributed by atoms with Gasteiger partial charge in [-0.15, -0.1) is 0 Å². The molecular weight excluding hydrogens is 240 g/mol. The fourth-order valence-electron chi connectivity index (χ4n) is 2.50. The van der Waals surface area contributed by atoms with Crippen molar-refractivity contribution in [3.63, 3.8) is 0 Å². The molecule has 1 saturated heterocycles. The zero-order chi connectivity index (χ0) is 13.5. The largest absolute Gasteiger partial charge is 0.445 e. The number of carbonyl (C=O) groups is 1. The molecule has 0 radical (unpaired) electrons. The predicted octanol–water partition coefficient (Wildman–Crippen LogP) is 2.25. The molecule has 1 aromatic rings. The van der Waals surface area contributed by atoms with Crippen molar-refractivity contribution in [2.24, 2.45) is 5.92 Å². The van der Waals surface area contributed by atoms with Gasteiger partial charge in [-0.05, 0) is 37.9 Å². The fourth-order valence-corrected chi connectivity index (χ4v) is 2.50. The standard InChI is InChI=1S/C15H22N2O2/c1-16-10-14-8-5-9-17(11-14)15(18)19-12-13-6-3-2-4-7-13/h2-4,6-7,14,16H,5,8-12H2,1H3/t14-/m0/s1. The number of nitrogens with zero attached hydrogens (tertiary/aromatic N) is 1. The minimum atomic E-state index is -0.190. The van der Waals surface area contributed by atoms with Crippen molar-refractivity contribution in [2.45, 2.75) is 19.4 Å². The van der Waals surface area contributed by atoms with Crippen molar-refractivity contribution in [1.82, 2.24) is 10.2 Å². The first-order valence-electron chi connectivity index (χ1n) is 6.90. The number of hydrogen-bond donors (Lipinski definition) is 1. The Morgan fingerprint density at radius 3 is 2.95 bits per heavy atom. The van der Waals surface area contributed by atoms with Crippen LogP contribution in [0.25, 0.3) is 0 Å². The van der Waals surface area contributed by atoms with Crippen molar-refractivity contribution in [3.05, 3.63) is 35.9 Å². The lowest BCUT2D eigenvalue weighted by Gasteiger charge is -2.31. The van der Waals surface area contributed by atoms with Gasteiger partial charge in [0, 0.05) is 13.1 Å². The van der Waals surface area contributed by atoms with Crippen LogP contribution in [0.2, 0.25) is 0 Å². The number of rotatable bonds is 4. The molecule has 1 atom stereocenters. The molecule has 104 valence electrons. The summed E-state index contributed by atoms with van der Waals surface area (Å²) in [6.45, 7) is 2.93. The van der Waals surface area contributed by atoms with Crippen LogP contribution in [0.5, 0.6) is 0 Å². The second-order valence-electron chi connectivity index (χ2n) is 5.05. The molecule has 1 aliphatic rings. The number of amides is 1. The molecule has 1 N–H and O–H groups in total. The highest BCUT2D eigenvalue weighted by Gasteiger charge is 2.24. The van der Waals surface area contributed by atoms with Crippen LogP contribution in [0.4, 0.5) is 4.79 Å². The van der Waals surface area contributed by atoms with E-state index in [1.807, 2.05) is 42.3 Å². The molecule has 1 aromatic carbocycles. The van der Waals surface area contributed by atoms with Crippen LogP contribution in [-0.2, 0) is 11.3 Å². The Morgan fingerprint density at radius 2 is 2.21 bits per heavy atom. The van der Waals surface area contributed by atoms with Gasteiger partial charge >= 0.3 is 6.09 Å². The smallest absolute Gasteiger partial charge is 0.410 e. The topological polar surface area (TPSA) is 41.6 Å². The molecule has 2 rings (SSSR count). The first-order chi connectivity index (χ1) is 9.29. The first kappa shape index (κ1) is 13.9. The molecular formula is C15H22N2O2. The van der Waals surface area contributed by atoms with Crippen molar-refractivity contribution < 1.29 is 9.53 Å². The Morgan fingerprint density at radius 1 is 1.42 bits per heavy atom. The second kappa shape index (κ2) is 7.14. The summed E-state index contributed by atoms with van der Waals surface area (Å²) in [4.78, 5) is 13.8. The molecule has 4 nitrogen and oxygen atoms in total. The third-order valence-electron chi connectivity index (χ3n) is 3.48. The summed E-state index contributed by atoms with van der Waals surface area (Å²) < 4.78 is 5.36.